The number of amides is 1. The van der Waals surface area contributed by atoms with Crippen LogP contribution in [0.4, 0.5) is 31.8 Å². The maximum absolute atomic E-state index is 13.9. The SMILES string of the molecule is O=C(Nc1cc2c(c(N3CCC(F)(F)CC3)n1)OCCC2)c1ccc(NS(=O)(=O)CCO)cc1N1CCC2(CC1)CC2. The van der Waals surface area contributed by atoms with Gasteiger partial charge in [-0.2, -0.15) is 0 Å². The Hall–Kier alpha value is -3.19. The largest absolute Gasteiger partial charge is 0.489 e. The van der Waals surface area contributed by atoms with Crippen molar-refractivity contribution in [2.75, 3.05) is 65.0 Å². The first-order valence-electron chi connectivity index (χ1n) is 14.7. The van der Waals surface area contributed by atoms with Gasteiger partial charge >= 0.3 is 0 Å². The number of nitrogens with zero attached hydrogens (tertiary/aromatic N) is 3. The smallest absolute Gasteiger partial charge is 0.258 e. The van der Waals surface area contributed by atoms with Gasteiger partial charge in [-0.25, -0.2) is 22.2 Å². The molecule has 0 atom stereocenters. The minimum atomic E-state index is -3.75. The number of carbonyl (C=O) groups excluding carboxylic acids is 1. The summed E-state index contributed by atoms with van der Waals surface area (Å²) in [6.45, 7) is 1.81. The lowest BCUT2D eigenvalue weighted by Crippen LogP contribution is -2.40. The Balaban J connectivity index is 1.29. The predicted molar refractivity (Wildman–Crippen MR) is 156 cm³/mol. The Morgan fingerprint density at radius 3 is 2.43 bits per heavy atom. The quantitative estimate of drug-likeness (QED) is 0.413. The standard InChI is InChI=1S/C29H37F2N5O5S/c30-29(31)9-13-36(14-10-29)26-25-20(2-1-16-41-25)18-24(32-26)33-27(38)22-4-3-21(34-42(39,40)17-15-37)19-23(22)35-11-7-28(5-6-28)8-12-35/h3-4,18-19,34,37H,1-2,5-17H2,(H,32,33,38). The average molecular weight is 606 g/mol. The number of pyridine rings is 1. The Bertz CT molecular complexity index is 1450. The van der Waals surface area contributed by atoms with Gasteiger partial charge < -0.3 is 25.0 Å². The van der Waals surface area contributed by atoms with E-state index in [1.54, 1.807) is 23.1 Å². The van der Waals surface area contributed by atoms with Crippen LogP contribution in [0.15, 0.2) is 24.3 Å². The van der Waals surface area contributed by atoms with Crippen molar-refractivity contribution in [3.05, 3.63) is 35.4 Å². The molecule has 42 heavy (non-hydrogen) atoms. The second-order valence-corrected chi connectivity index (χ2v) is 13.8. The molecule has 4 heterocycles. The minimum Gasteiger partial charge on any atom is -0.489 e. The summed E-state index contributed by atoms with van der Waals surface area (Å²) in [4.78, 5) is 22.4. The topological polar surface area (TPSA) is 124 Å². The van der Waals surface area contributed by atoms with Crippen molar-refractivity contribution in [2.45, 2.75) is 57.3 Å². The van der Waals surface area contributed by atoms with Gasteiger partial charge in [-0.15, -0.1) is 0 Å². The van der Waals surface area contributed by atoms with Gasteiger partial charge in [0.1, 0.15) is 5.82 Å². The molecule has 1 aromatic carbocycles. The molecule has 3 aliphatic heterocycles. The summed E-state index contributed by atoms with van der Waals surface area (Å²) in [5.41, 5.74) is 2.59. The maximum Gasteiger partial charge on any atom is 0.258 e. The molecule has 3 fully saturated rings. The van der Waals surface area contributed by atoms with E-state index >= 15 is 0 Å². The number of hydrogen-bond acceptors (Lipinski definition) is 8. The van der Waals surface area contributed by atoms with Crippen LogP contribution in [0.2, 0.25) is 0 Å². The average Bonchev–Trinajstić information content (AvgIpc) is 3.71. The minimum absolute atomic E-state index is 0.140. The molecule has 10 nitrogen and oxygen atoms in total. The van der Waals surface area contributed by atoms with Crippen LogP contribution >= 0.6 is 0 Å². The van der Waals surface area contributed by atoms with Crippen molar-refractivity contribution >= 4 is 38.9 Å². The molecule has 3 N–H and O–H groups in total. The van der Waals surface area contributed by atoms with Gasteiger partial charge in [0, 0.05) is 44.6 Å². The summed E-state index contributed by atoms with van der Waals surface area (Å²) < 4.78 is 60.8. The first kappa shape index (κ1) is 28.9. The molecule has 0 bridgehead atoms. The summed E-state index contributed by atoms with van der Waals surface area (Å²) in [6.07, 6.45) is 5.46. The Morgan fingerprint density at radius 2 is 1.74 bits per heavy atom. The third kappa shape index (κ3) is 6.26. The number of aromatic nitrogens is 1. The number of fused-ring (bicyclic) bond motifs is 1. The highest BCUT2D eigenvalue weighted by Gasteiger charge is 2.44. The van der Waals surface area contributed by atoms with Crippen molar-refractivity contribution in [3.63, 3.8) is 0 Å². The van der Waals surface area contributed by atoms with Crippen LogP contribution < -0.4 is 24.6 Å². The van der Waals surface area contributed by atoms with E-state index in [1.165, 1.54) is 18.9 Å². The Labute approximate surface area is 244 Å². The number of sulfonamides is 1. The van der Waals surface area contributed by atoms with Crippen LogP contribution in [0.5, 0.6) is 5.75 Å². The molecular formula is C29H37F2N5O5S. The zero-order valence-corrected chi connectivity index (χ0v) is 24.3. The molecule has 1 aliphatic carbocycles. The lowest BCUT2D eigenvalue weighted by Gasteiger charge is -2.35. The number of carbonyl (C=O) groups is 1. The molecule has 1 amide bonds. The Kier molecular flexibility index (Phi) is 7.67. The second-order valence-electron chi connectivity index (χ2n) is 11.9. The number of rotatable bonds is 8. The number of aryl methyl sites for hydroxylation is 1. The van der Waals surface area contributed by atoms with E-state index < -0.39 is 34.2 Å². The zero-order chi connectivity index (χ0) is 29.5. The summed E-state index contributed by atoms with van der Waals surface area (Å²) in [7, 11) is -3.75. The van der Waals surface area contributed by atoms with E-state index in [-0.39, 0.29) is 25.9 Å². The van der Waals surface area contributed by atoms with Gasteiger partial charge in [0.25, 0.3) is 11.8 Å². The number of benzene rings is 1. The van der Waals surface area contributed by atoms with E-state index in [9.17, 15) is 22.0 Å². The number of ether oxygens (including phenoxy) is 1. The number of alkyl halides is 2. The second kappa shape index (κ2) is 11.1. The van der Waals surface area contributed by atoms with E-state index in [0.29, 0.717) is 46.3 Å². The summed E-state index contributed by atoms with van der Waals surface area (Å²) in [5, 5.41) is 12.0. The molecule has 0 radical (unpaired) electrons. The molecular weight excluding hydrogens is 568 g/mol. The van der Waals surface area contributed by atoms with Gasteiger partial charge in [0.15, 0.2) is 11.6 Å². The zero-order valence-electron chi connectivity index (χ0n) is 23.5. The van der Waals surface area contributed by atoms with Crippen molar-refractivity contribution in [1.29, 1.82) is 0 Å². The van der Waals surface area contributed by atoms with Crippen LogP contribution in [0.25, 0.3) is 0 Å². The molecule has 2 aromatic rings. The lowest BCUT2D eigenvalue weighted by molar-refractivity contribution is -0.0222. The number of hydrogen-bond donors (Lipinski definition) is 3. The first-order chi connectivity index (χ1) is 20.1. The summed E-state index contributed by atoms with van der Waals surface area (Å²) in [5.74, 6) is -2.16. The maximum atomic E-state index is 13.9. The highest BCUT2D eigenvalue weighted by atomic mass is 32.2. The Morgan fingerprint density at radius 1 is 1.02 bits per heavy atom. The molecule has 1 saturated carbocycles. The first-order valence-corrected chi connectivity index (χ1v) is 16.3. The number of aliphatic hydroxyl groups is 1. The van der Waals surface area contributed by atoms with Crippen molar-refractivity contribution in [1.82, 2.24) is 4.98 Å². The van der Waals surface area contributed by atoms with Crippen LogP contribution in [-0.4, -0.2) is 75.5 Å². The van der Waals surface area contributed by atoms with Gasteiger partial charge in [-0.1, -0.05) is 0 Å². The molecule has 4 aliphatic rings. The fourth-order valence-electron chi connectivity index (χ4n) is 6.16. The summed E-state index contributed by atoms with van der Waals surface area (Å²) in [6, 6.07) is 6.58. The number of anilines is 4. The summed E-state index contributed by atoms with van der Waals surface area (Å²) >= 11 is 0. The monoisotopic (exact) mass is 605 g/mol. The molecule has 1 aromatic heterocycles. The number of nitrogens with one attached hydrogen (secondary N) is 2. The van der Waals surface area contributed by atoms with Crippen LogP contribution in [0.1, 0.15) is 60.9 Å². The highest BCUT2D eigenvalue weighted by Crippen LogP contribution is 2.54. The lowest BCUT2D eigenvalue weighted by atomic mass is 9.93. The molecule has 0 unspecified atom stereocenters. The van der Waals surface area contributed by atoms with E-state index in [4.69, 9.17) is 9.84 Å². The van der Waals surface area contributed by atoms with Crippen LogP contribution in [0, 0.1) is 5.41 Å². The number of halogens is 2. The van der Waals surface area contributed by atoms with E-state index in [1.807, 2.05) is 0 Å². The fraction of sp³-hybridized carbons (Fsp3) is 0.586. The van der Waals surface area contributed by atoms with Crippen LogP contribution in [0.3, 0.4) is 0 Å². The van der Waals surface area contributed by atoms with Crippen molar-refractivity contribution < 1.29 is 31.8 Å². The third-order valence-corrected chi connectivity index (χ3v) is 10.2. The van der Waals surface area contributed by atoms with Gasteiger partial charge in [-0.3, -0.25) is 9.52 Å². The molecule has 1 spiro atoms. The number of aliphatic hydroxyl groups excluding tert-OH is 1. The van der Waals surface area contributed by atoms with Crippen molar-refractivity contribution in [3.8, 4) is 5.75 Å². The predicted octanol–water partition coefficient (Wildman–Crippen LogP) is 4.01. The molecule has 228 valence electrons. The van der Waals surface area contributed by atoms with E-state index in [0.717, 1.165) is 44.3 Å². The number of piperidine rings is 2. The molecule has 13 heteroatoms. The van der Waals surface area contributed by atoms with Gasteiger partial charge in [0.2, 0.25) is 10.0 Å². The van der Waals surface area contributed by atoms with Crippen molar-refractivity contribution in [2.24, 2.45) is 5.41 Å². The van der Waals surface area contributed by atoms with Gasteiger partial charge in [-0.05, 0) is 68.2 Å². The van der Waals surface area contributed by atoms with Gasteiger partial charge in [0.05, 0.1) is 35.9 Å². The highest BCUT2D eigenvalue weighted by molar-refractivity contribution is 7.92. The molecule has 6 rings (SSSR count). The third-order valence-electron chi connectivity index (χ3n) is 8.90. The molecule has 2 saturated heterocycles. The van der Waals surface area contributed by atoms with E-state index in [2.05, 4.69) is 19.9 Å². The normalized spacial score (nSPS) is 20.9. The fourth-order valence-corrected chi connectivity index (χ4v) is 6.99. The van der Waals surface area contributed by atoms with Crippen LogP contribution in [-0.2, 0) is 16.4 Å².